The lowest BCUT2D eigenvalue weighted by atomic mass is 10.1. The molecule has 0 N–H and O–H groups in total. The predicted octanol–water partition coefficient (Wildman–Crippen LogP) is 5.14. The van der Waals surface area contributed by atoms with Gasteiger partial charge in [-0.3, -0.25) is 4.79 Å². The third-order valence-corrected chi connectivity index (χ3v) is 5.70. The molecular formula is C21H18ClF3N4O. The molecule has 0 saturated heterocycles. The Kier molecular flexibility index (Phi) is 5.05. The summed E-state index contributed by atoms with van der Waals surface area (Å²) in [6.45, 7) is 4.50. The van der Waals surface area contributed by atoms with Crippen LogP contribution < -0.4 is 0 Å². The van der Waals surface area contributed by atoms with E-state index in [1.807, 2.05) is 35.8 Å². The minimum atomic E-state index is -4.63. The molecule has 9 heteroatoms. The average Bonchev–Trinajstić information content (AvgIpc) is 3.13. The fourth-order valence-electron chi connectivity index (χ4n) is 3.65. The van der Waals surface area contributed by atoms with Gasteiger partial charge in [0.2, 0.25) is 0 Å². The van der Waals surface area contributed by atoms with Crippen LogP contribution in [0.25, 0.3) is 11.4 Å². The van der Waals surface area contributed by atoms with Crippen LogP contribution in [0.4, 0.5) is 13.2 Å². The summed E-state index contributed by atoms with van der Waals surface area (Å²) in [5.41, 5.74) is 0.835. The number of carbonyl (C=O) groups excluding carboxylic acids is 1. The van der Waals surface area contributed by atoms with Crippen molar-refractivity contribution in [3.8, 4) is 11.4 Å². The van der Waals surface area contributed by atoms with E-state index in [-0.39, 0.29) is 5.56 Å². The van der Waals surface area contributed by atoms with E-state index >= 15 is 0 Å². The Morgan fingerprint density at radius 2 is 1.80 bits per heavy atom. The first-order valence-corrected chi connectivity index (χ1v) is 9.73. The topological polar surface area (TPSA) is 51.0 Å². The number of aryl methyl sites for hydroxylation is 1. The first kappa shape index (κ1) is 20.4. The smallest absolute Gasteiger partial charge is 0.327 e. The second-order valence-electron chi connectivity index (χ2n) is 7.24. The second-order valence-corrected chi connectivity index (χ2v) is 7.62. The lowest BCUT2D eigenvalue weighted by Gasteiger charge is -2.34. The van der Waals surface area contributed by atoms with Crippen molar-refractivity contribution in [1.29, 1.82) is 0 Å². The number of alkyl halides is 3. The number of amides is 1. The van der Waals surface area contributed by atoms with Crippen molar-refractivity contribution in [1.82, 2.24) is 19.7 Å². The van der Waals surface area contributed by atoms with E-state index in [0.717, 1.165) is 17.2 Å². The highest BCUT2D eigenvalue weighted by atomic mass is 35.5. The van der Waals surface area contributed by atoms with Gasteiger partial charge >= 0.3 is 6.18 Å². The SMILES string of the molecule is Cc1ccc(-c2nnc3n2CCN(C(=O)c2cccc(C(F)(F)F)c2Cl)C3C)cc1. The van der Waals surface area contributed by atoms with Crippen LogP contribution in [0.2, 0.25) is 5.02 Å². The monoisotopic (exact) mass is 434 g/mol. The van der Waals surface area contributed by atoms with E-state index in [1.165, 1.54) is 17.0 Å². The van der Waals surface area contributed by atoms with Gasteiger partial charge in [-0.05, 0) is 26.0 Å². The number of halogens is 4. The van der Waals surface area contributed by atoms with Crippen molar-refractivity contribution in [2.45, 2.75) is 32.6 Å². The summed E-state index contributed by atoms with van der Waals surface area (Å²) in [6, 6.07) is 10.8. The largest absolute Gasteiger partial charge is 0.417 e. The summed E-state index contributed by atoms with van der Waals surface area (Å²) >= 11 is 5.95. The molecule has 0 bridgehead atoms. The van der Waals surface area contributed by atoms with E-state index < -0.39 is 28.7 Å². The van der Waals surface area contributed by atoms with E-state index in [9.17, 15) is 18.0 Å². The van der Waals surface area contributed by atoms with E-state index in [0.29, 0.717) is 24.7 Å². The molecule has 4 rings (SSSR count). The van der Waals surface area contributed by atoms with E-state index in [4.69, 9.17) is 11.6 Å². The molecule has 1 aliphatic heterocycles. The molecule has 2 aromatic carbocycles. The molecule has 1 amide bonds. The van der Waals surface area contributed by atoms with Crippen LogP contribution in [0.1, 0.15) is 40.3 Å². The molecule has 0 spiro atoms. The molecule has 0 radical (unpaired) electrons. The molecular weight excluding hydrogens is 417 g/mol. The fourth-order valence-corrected chi connectivity index (χ4v) is 3.96. The zero-order valence-electron chi connectivity index (χ0n) is 16.2. The summed E-state index contributed by atoms with van der Waals surface area (Å²) < 4.78 is 41.4. The van der Waals surface area contributed by atoms with Gasteiger partial charge in [0.15, 0.2) is 11.6 Å². The molecule has 3 aromatic rings. The van der Waals surface area contributed by atoms with Crippen molar-refractivity contribution >= 4 is 17.5 Å². The van der Waals surface area contributed by atoms with Crippen molar-refractivity contribution in [3.63, 3.8) is 0 Å². The second kappa shape index (κ2) is 7.43. The van der Waals surface area contributed by atoms with Crippen LogP contribution in [0, 0.1) is 6.92 Å². The third-order valence-electron chi connectivity index (χ3n) is 5.29. The normalized spacial score (nSPS) is 16.5. The van der Waals surface area contributed by atoms with E-state index in [1.54, 1.807) is 6.92 Å². The highest BCUT2D eigenvalue weighted by Crippen LogP contribution is 2.37. The van der Waals surface area contributed by atoms with Gasteiger partial charge in [-0.1, -0.05) is 47.5 Å². The number of aromatic nitrogens is 3. The van der Waals surface area contributed by atoms with Crippen LogP contribution in [-0.2, 0) is 12.7 Å². The molecule has 5 nitrogen and oxygen atoms in total. The molecule has 0 aliphatic carbocycles. The first-order valence-electron chi connectivity index (χ1n) is 9.35. The predicted molar refractivity (Wildman–Crippen MR) is 106 cm³/mol. The number of hydrogen-bond acceptors (Lipinski definition) is 3. The Balaban J connectivity index is 1.66. The van der Waals surface area contributed by atoms with Crippen molar-refractivity contribution in [3.05, 3.63) is 70.0 Å². The van der Waals surface area contributed by atoms with Gasteiger partial charge in [-0.25, -0.2) is 0 Å². The van der Waals surface area contributed by atoms with Gasteiger partial charge < -0.3 is 9.47 Å². The summed E-state index contributed by atoms with van der Waals surface area (Å²) in [6.07, 6.45) is -4.63. The molecule has 1 atom stereocenters. The quantitative estimate of drug-likeness (QED) is 0.561. The van der Waals surface area contributed by atoms with E-state index in [2.05, 4.69) is 10.2 Å². The Labute approximate surface area is 176 Å². The van der Waals surface area contributed by atoms with Crippen LogP contribution >= 0.6 is 11.6 Å². The molecule has 30 heavy (non-hydrogen) atoms. The molecule has 2 heterocycles. The van der Waals surface area contributed by atoms with Gasteiger partial charge in [0.05, 0.1) is 22.2 Å². The van der Waals surface area contributed by atoms with Gasteiger partial charge in [-0.2, -0.15) is 13.2 Å². The lowest BCUT2D eigenvalue weighted by molar-refractivity contribution is -0.137. The molecule has 0 fully saturated rings. The molecule has 156 valence electrons. The maximum Gasteiger partial charge on any atom is 0.417 e. The van der Waals surface area contributed by atoms with Crippen LogP contribution in [0.5, 0.6) is 0 Å². The van der Waals surface area contributed by atoms with Gasteiger partial charge in [0, 0.05) is 18.7 Å². The maximum absolute atomic E-state index is 13.2. The number of hydrogen-bond donors (Lipinski definition) is 0. The number of carbonyl (C=O) groups is 1. The number of benzene rings is 2. The highest BCUT2D eigenvalue weighted by Gasteiger charge is 2.37. The number of fused-ring (bicyclic) bond motifs is 1. The fraction of sp³-hybridized carbons (Fsp3) is 0.286. The Hall–Kier alpha value is -2.87. The summed E-state index contributed by atoms with van der Waals surface area (Å²) in [5, 5.41) is 7.94. The summed E-state index contributed by atoms with van der Waals surface area (Å²) in [7, 11) is 0. The highest BCUT2D eigenvalue weighted by molar-refractivity contribution is 6.34. The zero-order chi connectivity index (χ0) is 21.6. The summed E-state index contributed by atoms with van der Waals surface area (Å²) in [5.74, 6) is 0.707. The average molecular weight is 435 g/mol. The van der Waals surface area contributed by atoms with Crippen molar-refractivity contribution < 1.29 is 18.0 Å². The van der Waals surface area contributed by atoms with Crippen LogP contribution in [-0.4, -0.2) is 32.1 Å². The van der Waals surface area contributed by atoms with Gasteiger partial charge in [-0.15, -0.1) is 10.2 Å². The molecule has 1 unspecified atom stereocenters. The lowest BCUT2D eigenvalue weighted by Crippen LogP contribution is -2.41. The maximum atomic E-state index is 13.2. The Bertz CT molecular complexity index is 1110. The minimum Gasteiger partial charge on any atom is -0.327 e. The summed E-state index contributed by atoms with van der Waals surface area (Å²) in [4.78, 5) is 14.5. The van der Waals surface area contributed by atoms with Crippen molar-refractivity contribution in [2.75, 3.05) is 6.54 Å². The van der Waals surface area contributed by atoms with Crippen LogP contribution in [0.15, 0.2) is 42.5 Å². The molecule has 1 aromatic heterocycles. The van der Waals surface area contributed by atoms with Crippen molar-refractivity contribution in [2.24, 2.45) is 0 Å². The molecule has 1 aliphatic rings. The minimum absolute atomic E-state index is 0.176. The Morgan fingerprint density at radius 1 is 1.10 bits per heavy atom. The number of rotatable bonds is 2. The van der Waals surface area contributed by atoms with Gasteiger partial charge in [0.25, 0.3) is 5.91 Å². The van der Waals surface area contributed by atoms with Crippen LogP contribution in [0.3, 0.4) is 0 Å². The van der Waals surface area contributed by atoms with Gasteiger partial charge in [0.1, 0.15) is 0 Å². The Morgan fingerprint density at radius 3 is 2.47 bits per heavy atom. The number of nitrogens with zero attached hydrogens (tertiary/aromatic N) is 4. The zero-order valence-corrected chi connectivity index (χ0v) is 17.0. The standard InChI is InChI=1S/C21H18ClF3N4O/c1-12-6-8-14(9-7-12)19-27-26-18-13(2)28(10-11-29(18)19)20(30)15-4-3-5-16(17(15)22)21(23,24)25/h3-9,13H,10-11H2,1-2H3. The third kappa shape index (κ3) is 3.45. The first-order chi connectivity index (χ1) is 14.2. The molecule has 0 saturated carbocycles.